The van der Waals surface area contributed by atoms with Gasteiger partial charge in [0.1, 0.15) is 0 Å². The first-order valence-corrected chi connectivity index (χ1v) is 16.7. The van der Waals surface area contributed by atoms with Crippen LogP contribution in [0.5, 0.6) is 0 Å². The summed E-state index contributed by atoms with van der Waals surface area (Å²) in [4.78, 5) is 14.6. The fourth-order valence-electron chi connectivity index (χ4n) is 3.47. The number of nitrogens with one attached hydrogen (secondary N) is 2. The van der Waals surface area contributed by atoms with Crippen LogP contribution in [0, 0.1) is 0 Å². The molecule has 1 aromatic carbocycles. The third kappa shape index (κ3) is 8.07. The molecule has 1 unspecified atom stereocenters. The van der Waals surface area contributed by atoms with E-state index in [1.165, 1.54) is 0 Å². The highest BCUT2D eigenvalue weighted by Gasteiger charge is 2.40. The predicted molar refractivity (Wildman–Crippen MR) is 144 cm³/mol. The van der Waals surface area contributed by atoms with Crippen molar-refractivity contribution in [3.05, 3.63) is 24.3 Å². The molecule has 1 aliphatic heterocycles. The minimum atomic E-state index is -3.34. The van der Waals surface area contributed by atoms with Crippen LogP contribution in [0.15, 0.2) is 24.3 Å². The van der Waals surface area contributed by atoms with Gasteiger partial charge in [-0.25, -0.2) is 13.1 Å². The molecule has 0 aromatic heterocycles. The molecule has 1 heterocycles. The van der Waals surface area contributed by atoms with E-state index in [0.29, 0.717) is 25.8 Å². The van der Waals surface area contributed by atoms with Gasteiger partial charge in [-0.15, -0.1) is 0 Å². The summed E-state index contributed by atoms with van der Waals surface area (Å²) in [5.74, 6) is -0.0598. The topological polar surface area (TPSA) is 87.7 Å². The van der Waals surface area contributed by atoms with Gasteiger partial charge in [-0.2, -0.15) is 0 Å². The van der Waals surface area contributed by atoms with Crippen LogP contribution in [0.25, 0.3) is 0 Å². The van der Waals surface area contributed by atoms with Crippen LogP contribution in [0.1, 0.15) is 67.2 Å². The number of sulfonamides is 1. The van der Waals surface area contributed by atoms with Crippen molar-refractivity contribution in [1.82, 2.24) is 4.72 Å². The Labute approximate surface area is 208 Å². The van der Waals surface area contributed by atoms with Gasteiger partial charge in [-0.1, -0.05) is 20.8 Å². The second-order valence-electron chi connectivity index (χ2n) is 11.8. The lowest BCUT2D eigenvalue weighted by Crippen LogP contribution is -2.44. The molecular formula is C25H45N3O4SSi. The number of hydrogen-bond donors (Lipinski definition) is 2. The van der Waals surface area contributed by atoms with Gasteiger partial charge in [0.25, 0.3) is 0 Å². The van der Waals surface area contributed by atoms with E-state index in [0.717, 1.165) is 30.9 Å². The van der Waals surface area contributed by atoms with Gasteiger partial charge in [0.15, 0.2) is 8.32 Å². The molecule has 2 N–H and O–H groups in total. The summed E-state index contributed by atoms with van der Waals surface area (Å²) in [6.45, 7) is 18.6. The molecule has 9 heteroatoms. The van der Waals surface area contributed by atoms with Gasteiger partial charge in [0.05, 0.1) is 10.9 Å². The number of amides is 1. The molecule has 7 nitrogen and oxygen atoms in total. The Morgan fingerprint density at radius 2 is 1.71 bits per heavy atom. The Bertz CT molecular complexity index is 919. The number of rotatable bonds is 10. The van der Waals surface area contributed by atoms with E-state index < -0.39 is 23.1 Å². The Morgan fingerprint density at radius 1 is 1.09 bits per heavy atom. The number of nitrogens with zero attached hydrogens (tertiary/aromatic N) is 1. The number of carbonyl (C=O) groups is 1. The number of carbonyl (C=O) groups excluding carboxylic acids is 1. The average molecular weight is 512 g/mol. The van der Waals surface area contributed by atoms with E-state index in [1.54, 1.807) is 20.8 Å². The Morgan fingerprint density at radius 3 is 2.26 bits per heavy atom. The Hall–Kier alpha value is -1.42. The Balaban J connectivity index is 1.75. The molecule has 1 aromatic rings. The maximum atomic E-state index is 12.3. The monoisotopic (exact) mass is 511 g/mol. The van der Waals surface area contributed by atoms with E-state index in [2.05, 4.69) is 48.8 Å². The van der Waals surface area contributed by atoms with Crippen LogP contribution in [0.4, 0.5) is 11.4 Å². The van der Waals surface area contributed by atoms with Crippen molar-refractivity contribution in [2.24, 2.45) is 0 Å². The number of unbranched alkanes of at least 4 members (excludes halogenated alkanes) is 1. The van der Waals surface area contributed by atoms with E-state index in [-0.39, 0.29) is 17.0 Å². The fraction of sp³-hybridized carbons (Fsp3) is 0.720. The lowest BCUT2D eigenvalue weighted by Gasteiger charge is -2.38. The summed E-state index contributed by atoms with van der Waals surface area (Å²) in [5, 5.41) is 3.14. The van der Waals surface area contributed by atoms with Gasteiger partial charge in [0.2, 0.25) is 15.9 Å². The second kappa shape index (κ2) is 11.1. The third-order valence-corrected chi connectivity index (χ3v) is 13.6. The summed E-state index contributed by atoms with van der Waals surface area (Å²) < 4.78 is 32.4. The molecule has 34 heavy (non-hydrogen) atoms. The Kier molecular flexibility index (Phi) is 9.40. The second-order valence-corrected chi connectivity index (χ2v) is 19.1. The summed E-state index contributed by atoms with van der Waals surface area (Å²) in [7, 11) is -5.11. The first-order chi connectivity index (χ1) is 15.5. The maximum absolute atomic E-state index is 12.3. The largest absolute Gasteiger partial charge is 0.412 e. The average Bonchev–Trinajstić information content (AvgIpc) is 3.14. The molecule has 1 amide bonds. The highest BCUT2D eigenvalue weighted by atomic mass is 32.2. The molecule has 194 valence electrons. The van der Waals surface area contributed by atoms with Crippen LogP contribution >= 0.6 is 0 Å². The zero-order valence-corrected chi connectivity index (χ0v) is 24.1. The molecule has 0 radical (unpaired) electrons. The quantitative estimate of drug-likeness (QED) is 0.336. The minimum absolute atomic E-state index is 0.0598. The van der Waals surface area contributed by atoms with Crippen LogP contribution in [0.3, 0.4) is 0 Å². The van der Waals surface area contributed by atoms with Gasteiger partial charge < -0.3 is 14.6 Å². The molecule has 2 rings (SSSR count). The van der Waals surface area contributed by atoms with Crippen molar-refractivity contribution >= 4 is 35.6 Å². The summed E-state index contributed by atoms with van der Waals surface area (Å²) >= 11 is 0. The van der Waals surface area contributed by atoms with E-state index >= 15 is 0 Å². The van der Waals surface area contributed by atoms with Crippen LogP contribution in [-0.4, -0.2) is 53.1 Å². The number of hydrogen-bond acceptors (Lipinski definition) is 5. The van der Waals surface area contributed by atoms with Crippen molar-refractivity contribution in [1.29, 1.82) is 0 Å². The number of benzene rings is 1. The summed E-state index contributed by atoms with van der Waals surface area (Å²) in [6.07, 6.45) is 2.91. The molecular weight excluding hydrogens is 466 g/mol. The zero-order chi connectivity index (χ0) is 25.8. The van der Waals surface area contributed by atoms with Crippen molar-refractivity contribution in [3.63, 3.8) is 0 Å². The fourth-order valence-corrected chi connectivity index (χ4v) is 5.69. The molecule has 0 saturated carbocycles. The van der Waals surface area contributed by atoms with Crippen LogP contribution < -0.4 is 14.9 Å². The van der Waals surface area contributed by atoms with Crippen molar-refractivity contribution in [2.75, 3.05) is 29.9 Å². The van der Waals surface area contributed by atoms with E-state index in [9.17, 15) is 13.2 Å². The van der Waals surface area contributed by atoms with Gasteiger partial charge >= 0.3 is 0 Å². The van der Waals surface area contributed by atoms with Gasteiger partial charge in [-0.05, 0) is 82.4 Å². The smallest absolute Gasteiger partial charge is 0.224 e. The molecule has 1 atom stereocenters. The lowest BCUT2D eigenvalue weighted by atomic mass is 10.2. The highest BCUT2D eigenvalue weighted by Crippen LogP contribution is 2.38. The van der Waals surface area contributed by atoms with Crippen molar-refractivity contribution in [3.8, 4) is 0 Å². The SMILES string of the molecule is CC(C)(C)[Si](C)(C)OC1CCN(c2ccc(NC(=O)CCCCNS(=O)(=O)C(C)(C)C)cc2)C1. The first-order valence-electron chi connectivity index (χ1n) is 12.3. The molecule has 1 aliphatic rings. The first kappa shape index (κ1) is 28.8. The standard InChI is InChI=1S/C25H45N3O4SSi/c1-24(2,3)33(30,31)26-17-10-9-11-23(29)27-20-12-14-21(15-13-20)28-18-16-22(19-28)32-34(7,8)25(4,5)6/h12-15,22,26H,9-11,16-19H2,1-8H3,(H,27,29). The molecule has 0 aliphatic carbocycles. The normalized spacial score (nSPS) is 17.8. The van der Waals surface area contributed by atoms with E-state index in [4.69, 9.17) is 4.43 Å². The summed E-state index contributed by atoms with van der Waals surface area (Å²) in [5.41, 5.74) is 1.92. The number of anilines is 2. The molecule has 0 spiro atoms. The van der Waals surface area contributed by atoms with Crippen LogP contribution in [-0.2, 0) is 19.2 Å². The van der Waals surface area contributed by atoms with Gasteiger partial charge in [0, 0.05) is 37.4 Å². The lowest BCUT2D eigenvalue weighted by molar-refractivity contribution is -0.116. The third-order valence-electron chi connectivity index (χ3n) is 6.86. The molecule has 1 saturated heterocycles. The summed E-state index contributed by atoms with van der Waals surface area (Å²) in [6, 6.07) is 7.97. The predicted octanol–water partition coefficient (Wildman–Crippen LogP) is 5.11. The van der Waals surface area contributed by atoms with Crippen LogP contribution in [0.2, 0.25) is 18.1 Å². The van der Waals surface area contributed by atoms with Gasteiger partial charge in [-0.3, -0.25) is 4.79 Å². The maximum Gasteiger partial charge on any atom is 0.224 e. The van der Waals surface area contributed by atoms with E-state index in [1.807, 2.05) is 24.3 Å². The zero-order valence-electron chi connectivity index (χ0n) is 22.3. The highest BCUT2D eigenvalue weighted by molar-refractivity contribution is 7.90. The van der Waals surface area contributed by atoms with Crippen molar-refractivity contribution < 1.29 is 17.6 Å². The van der Waals surface area contributed by atoms with Crippen molar-refractivity contribution in [2.45, 2.75) is 96.2 Å². The minimum Gasteiger partial charge on any atom is -0.412 e. The molecule has 0 bridgehead atoms. The molecule has 1 fully saturated rings.